The predicted octanol–water partition coefficient (Wildman–Crippen LogP) is 3.21. The summed E-state index contributed by atoms with van der Waals surface area (Å²) in [5, 5.41) is 4.23. The predicted molar refractivity (Wildman–Crippen MR) is 99.4 cm³/mol. The van der Waals surface area contributed by atoms with Crippen LogP contribution in [-0.2, 0) is 17.8 Å². The fraction of sp³-hybridized carbons (Fsp3) is 0.300. The molecular weight excluding hydrogens is 331 g/mol. The molecule has 1 aromatic heterocycles. The summed E-state index contributed by atoms with van der Waals surface area (Å²) >= 11 is 0. The van der Waals surface area contributed by atoms with Gasteiger partial charge >= 0.3 is 0 Å². The Morgan fingerprint density at radius 3 is 2.62 bits per heavy atom. The molecule has 0 radical (unpaired) electrons. The van der Waals surface area contributed by atoms with Gasteiger partial charge in [-0.05, 0) is 18.2 Å². The molecule has 1 aliphatic heterocycles. The van der Waals surface area contributed by atoms with Gasteiger partial charge in [0.15, 0.2) is 0 Å². The van der Waals surface area contributed by atoms with Crippen molar-refractivity contribution in [2.75, 3.05) is 31.6 Å². The molecule has 1 fully saturated rings. The minimum atomic E-state index is -0.216. The lowest BCUT2D eigenvalue weighted by molar-refractivity contribution is 0.0331. The lowest BCUT2D eigenvalue weighted by atomic mass is 10.2. The Balaban J connectivity index is 1.60. The summed E-state index contributed by atoms with van der Waals surface area (Å²) in [6.45, 7) is 4.31. The van der Waals surface area contributed by atoms with Crippen LogP contribution in [0.4, 0.5) is 10.2 Å². The zero-order chi connectivity index (χ0) is 17.8. The maximum absolute atomic E-state index is 13.9. The number of benzene rings is 2. The largest absolute Gasteiger partial charge is 0.379 e. The number of halogens is 1. The molecule has 0 aliphatic carbocycles. The quantitative estimate of drug-likeness (QED) is 0.764. The lowest BCUT2D eigenvalue weighted by Gasteiger charge is -2.26. The fourth-order valence-electron chi connectivity index (χ4n) is 3.11. The van der Waals surface area contributed by atoms with Crippen LogP contribution in [0.1, 0.15) is 11.4 Å². The molecule has 0 amide bonds. The summed E-state index contributed by atoms with van der Waals surface area (Å²) in [5.41, 5.74) is 1.51. The third-order valence-corrected chi connectivity index (χ3v) is 4.52. The van der Waals surface area contributed by atoms with Crippen LogP contribution in [0.5, 0.6) is 0 Å². The van der Waals surface area contributed by atoms with Gasteiger partial charge in [0.25, 0.3) is 0 Å². The molecule has 2 heterocycles. The molecule has 1 N–H and O–H groups in total. The van der Waals surface area contributed by atoms with Crippen LogP contribution in [0.25, 0.3) is 10.9 Å². The van der Waals surface area contributed by atoms with Crippen molar-refractivity contribution < 1.29 is 9.13 Å². The van der Waals surface area contributed by atoms with Crippen LogP contribution >= 0.6 is 0 Å². The summed E-state index contributed by atoms with van der Waals surface area (Å²) in [4.78, 5) is 11.7. The third-order valence-electron chi connectivity index (χ3n) is 4.52. The van der Waals surface area contributed by atoms with Crippen molar-refractivity contribution in [3.8, 4) is 0 Å². The maximum atomic E-state index is 13.9. The first-order chi connectivity index (χ1) is 12.8. The molecule has 0 atom stereocenters. The monoisotopic (exact) mass is 352 g/mol. The number of ether oxygens (including phenoxy) is 1. The van der Waals surface area contributed by atoms with E-state index in [-0.39, 0.29) is 5.82 Å². The van der Waals surface area contributed by atoms with Crippen molar-refractivity contribution >= 4 is 16.7 Å². The van der Waals surface area contributed by atoms with Crippen LogP contribution in [0.2, 0.25) is 0 Å². The van der Waals surface area contributed by atoms with E-state index in [1.807, 2.05) is 30.3 Å². The summed E-state index contributed by atoms with van der Waals surface area (Å²) < 4.78 is 19.3. The van der Waals surface area contributed by atoms with Crippen molar-refractivity contribution in [1.82, 2.24) is 14.9 Å². The fourth-order valence-corrected chi connectivity index (χ4v) is 3.11. The molecule has 5 nitrogen and oxygen atoms in total. The first kappa shape index (κ1) is 16.9. The number of nitrogens with one attached hydrogen (secondary N) is 1. The second kappa shape index (κ2) is 7.76. The standard InChI is InChI=1S/C20H21FN4O/c21-17-7-3-1-5-15(17)13-22-20-16-6-2-4-8-18(16)23-19(24-20)14-25-9-11-26-12-10-25/h1-8H,9-14H2,(H,22,23,24). The highest BCUT2D eigenvalue weighted by atomic mass is 19.1. The van der Waals surface area contributed by atoms with Gasteiger partial charge in [0.1, 0.15) is 17.5 Å². The molecule has 6 heteroatoms. The molecule has 3 aromatic rings. The highest BCUT2D eigenvalue weighted by Gasteiger charge is 2.14. The highest BCUT2D eigenvalue weighted by molar-refractivity contribution is 5.88. The molecule has 26 heavy (non-hydrogen) atoms. The maximum Gasteiger partial charge on any atom is 0.145 e. The summed E-state index contributed by atoms with van der Waals surface area (Å²) in [5.74, 6) is 1.29. The van der Waals surface area contributed by atoms with E-state index in [9.17, 15) is 4.39 Å². The Bertz CT molecular complexity index is 896. The van der Waals surface area contributed by atoms with Crippen LogP contribution in [0, 0.1) is 5.82 Å². The number of fused-ring (bicyclic) bond motifs is 1. The van der Waals surface area contributed by atoms with Gasteiger partial charge in [-0.25, -0.2) is 14.4 Å². The minimum absolute atomic E-state index is 0.216. The molecule has 0 saturated carbocycles. The van der Waals surface area contributed by atoms with E-state index in [1.54, 1.807) is 12.1 Å². The van der Waals surface area contributed by atoms with E-state index in [0.717, 1.165) is 48.8 Å². The number of anilines is 1. The minimum Gasteiger partial charge on any atom is -0.379 e. The number of hydrogen-bond acceptors (Lipinski definition) is 5. The molecule has 1 saturated heterocycles. The zero-order valence-electron chi connectivity index (χ0n) is 14.5. The molecule has 0 spiro atoms. The van der Waals surface area contributed by atoms with E-state index in [0.29, 0.717) is 18.7 Å². The van der Waals surface area contributed by atoms with Crippen LogP contribution in [-0.4, -0.2) is 41.2 Å². The van der Waals surface area contributed by atoms with E-state index in [1.165, 1.54) is 6.07 Å². The first-order valence-corrected chi connectivity index (χ1v) is 8.82. The van der Waals surface area contributed by atoms with Gasteiger partial charge in [-0.3, -0.25) is 4.90 Å². The van der Waals surface area contributed by atoms with Gasteiger partial charge in [-0.15, -0.1) is 0 Å². The number of para-hydroxylation sites is 1. The SMILES string of the molecule is Fc1ccccc1CNc1nc(CN2CCOCC2)nc2ccccc12. The molecule has 0 unspecified atom stereocenters. The second-order valence-electron chi connectivity index (χ2n) is 6.34. The topological polar surface area (TPSA) is 50.3 Å². The Kier molecular flexibility index (Phi) is 5.04. The lowest BCUT2D eigenvalue weighted by Crippen LogP contribution is -2.36. The van der Waals surface area contributed by atoms with Crippen molar-refractivity contribution in [3.05, 3.63) is 65.7 Å². The van der Waals surface area contributed by atoms with Gasteiger partial charge in [0.05, 0.1) is 25.3 Å². The molecular formula is C20H21FN4O. The summed E-state index contributed by atoms with van der Waals surface area (Å²) in [6, 6.07) is 14.7. The van der Waals surface area contributed by atoms with E-state index < -0.39 is 0 Å². The van der Waals surface area contributed by atoms with E-state index in [4.69, 9.17) is 14.7 Å². The number of morpholine rings is 1. The highest BCUT2D eigenvalue weighted by Crippen LogP contribution is 2.22. The van der Waals surface area contributed by atoms with Crippen molar-refractivity contribution in [3.63, 3.8) is 0 Å². The summed E-state index contributed by atoms with van der Waals surface area (Å²) in [7, 11) is 0. The Hall–Kier alpha value is -2.57. The van der Waals surface area contributed by atoms with Gasteiger partial charge in [0, 0.05) is 30.6 Å². The van der Waals surface area contributed by atoms with Gasteiger partial charge < -0.3 is 10.1 Å². The van der Waals surface area contributed by atoms with Crippen molar-refractivity contribution in [2.24, 2.45) is 0 Å². The molecule has 134 valence electrons. The van der Waals surface area contributed by atoms with Gasteiger partial charge in [-0.1, -0.05) is 30.3 Å². The Morgan fingerprint density at radius 2 is 1.77 bits per heavy atom. The molecule has 4 rings (SSSR count). The molecule has 0 bridgehead atoms. The first-order valence-electron chi connectivity index (χ1n) is 8.82. The van der Waals surface area contributed by atoms with Gasteiger partial charge in [0.2, 0.25) is 0 Å². The van der Waals surface area contributed by atoms with Crippen LogP contribution < -0.4 is 5.32 Å². The van der Waals surface area contributed by atoms with Gasteiger partial charge in [-0.2, -0.15) is 0 Å². The molecule has 1 aliphatic rings. The average molecular weight is 352 g/mol. The number of rotatable bonds is 5. The smallest absolute Gasteiger partial charge is 0.145 e. The van der Waals surface area contributed by atoms with E-state index >= 15 is 0 Å². The number of hydrogen-bond donors (Lipinski definition) is 1. The number of aromatic nitrogens is 2. The summed E-state index contributed by atoms with van der Waals surface area (Å²) in [6.07, 6.45) is 0. The zero-order valence-corrected chi connectivity index (χ0v) is 14.5. The average Bonchev–Trinajstić information content (AvgIpc) is 2.68. The Morgan fingerprint density at radius 1 is 1.00 bits per heavy atom. The Labute approximate surface area is 151 Å². The van der Waals surface area contributed by atoms with Crippen molar-refractivity contribution in [1.29, 1.82) is 0 Å². The third kappa shape index (κ3) is 3.81. The normalized spacial score (nSPS) is 15.3. The van der Waals surface area contributed by atoms with Crippen LogP contribution in [0.15, 0.2) is 48.5 Å². The van der Waals surface area contributed by atoms with E-state index in [2.05, 4.69) is 10.2 Å². The van der Waals surface area contributed by atoms with Crippen LogP contribution in [0.3, 0.4) is 0 Å². The molecule has 2 aromatic carbocycles. The number of nitrogens with zero attached hydrogens (tertiary/aromatic N) is 3. The second-order valence-corrected chi connectivity index (χ2v) is 6.34. The van der Waals surface area contributed by atoms with Crippen molar-refractivity contribution in [2.45, 2.75) is 13.1 Å².